The van der Waals surface area contributed by atoms with Gasteiger partial charge in [0.05, 0.1) is 0 Å². The summed E-state index contributed by atoms with van der Waals surface area (Å²) in [5, 5.41) is 0. The zero-order chi connectivity index (χ0) is 13.0. The summed E-state index contributed by atoms with van der Waals surface area (Å²) in [5.74, 6) is 1.51. The second-order valence-electron chi connectivity index (χ2n) is 3.91. The molecule has 0 unspecified atom stereocenters. The van der Waals surface area contributed by atoms with Crippen molar-refractivity contribution in [3.05, 3.63) is 54.6 Å². The van der Waals surface area contributed by atoms with Crippen molar-refractivity contribution in [2.24, 2.45) is 0 Å². The summed E-state index contributed by atoms with van der Waals surface area (Å²) in [7, 11) is 1.74. The van der Waals surface area contributed by atoms with Crippen LogP contribution in [0.1, 0.15) is 6.92 Å². The predicted octanol–water partition coefficient (Wildman–Crippen LogP) is 3.26. The molecule has 1 amide bonds. The molecular formula is C15H14NO2. The molecule has 1 radical (unpaired) electrons. The largest absolute Gasteiger partial charge is 0.457 e. The van der Waals surface area contributed by atoms with E-state index >= 15 is 0 Å². The van der Waals surface area contributed by atoms with Crippen LogP contribution in [0.2, 0.25) is 0 Å². The van der Waals surface area contributed by atoms with Gasteiger partial charge >= 0.3 is 0 Å². The Morgan fingerprint density at radius 1 is 1.06 bits per heavy atom. The van der Waals surface area contributed by atoms with E-state index in [-0.39, 0.29) is 5.91 Å². The highest BCUT2D eigenvalue weighted by atomic mass is 16.5. The van der Waals surface area contributed by atoms with Crippen LogP contribution in [0.5, 0.6) is 11.5 Å². The molecule has 2 rings (SSSR count). The molecule has 0 aliphatic carbocycles. The number of carbonyl (C=O) groups is 1. The van der Waals surface area contributed by atoms with Gasteiger partial charge in [-0.2, -0.15) is 0 Å². The van der Waals surface area contributed by atoms with Crippen LogP contribution in [0, 0.1) is 6.07 Å². The molecule has 0 aromatic heterocycles. The molecule has 0 bridgehead atoms. The highest BCUT2D eigenvalue weighted by molar-refractivity contribution is 5.90. The lowest BCUT2D eigenvalue weighted by atomic mass is 10.2. The first-order chi connectivity index (χ1) is 8.66. The van der Waals surface area contributed by atoms with Crippen molar-refractivity contribution in [2.45, 2.75) is 6.92 Å². The average molecular weight is 240 g/mol. The first kappa shape index (κ1) is 12.2. The molecule has 2 aromatic carbocycles. The molecule has 3 nitrogen and oxygen atoms in total. The quantitative estimate of drug-likeness (QED) is 0.824. The second-order valence-corrected chi connectivity index (χ2v) is 3.91. The van der Waals surface area contributed by atoms with Crippen molar-refractivity contribution in [3.8, 4) is 11.5 Å². The number of hydrogen-bond donors (Lipinski definition) is 0. The summed E-state index contributed by atoms with van der Waals surface area (Å²) < 4.78 is 5.65. The number of anilines is 1. The molecule has 0 atom stereocenters. The van der Waals surface area contributed by atoms with E-state index in [4.69, 9.17) is 4.74 Å². The number of nitrogens with zero attached hydrogens (tertiary/aromatic N) is 1. The van der Waals surface area contributed by atoms with E-state index in [1.165, 1.54) is 6.92 Å². The summed E-state index contributed by atoms with van der Waals surface area (Å²) in [6.07, 6.45) is 0. The van der Waals surface area contributed by atoms with Crippen molar-refractivity contribution in [3.63, 3.8) is 0 Å². The number of amides is 1. The Bertz CT molecular complexity index is 520. The van der Waals surface area contributed by atoms with Gasteiger partial charge in [0.1, 0.15) is 11.5 Å². The Kier molecular flexibility index (Phi) is 3.63. The molecule has 0 N–H and O–H groups in total. The molecule has 2 aromatic rings. The fourth-order valence-electron chi connectivity index (χ4n) is 1.50. The molecule has 3 heteroatoms. The fourth-order valence-corrected chi connectivity index (χ4v) is 1.50. The molecule has 0 spiro atoms. The maximum Gasteiger partial charge on any atom is 0.223 e. The lowest BCUT2D eigenvalue weighted by molar-refractivity contribution is -0.116. The summed E-state index contributed by atoms with van der Waals surface area (Å²) in [5.41, 5.74) is 0.844. The fraction of sp³-hybridized carbons (Fsp3) is 0.133. The normalized spacial score (nSPS) is 9.89. The third-order valence-corrected chi connectivity index (χ3v) is 2.62. The minimum Gasteiger partial charge on any atom is -0.457 e. The van der Waals surface area contributed by atoms with Crippen LogP contribution in [-0.4, -0.2) is 13.0 Å². The van der Waals surface area contributed by atoms with Crippen molar-refractivity contribution in [2.75, 3.05) is 11.9 Å². The van der Waals surface area contributed by atoms with Crippen LogP contribution >= 0.6 is 0 Å². The highest BCUT2D eigenvalue weighted by Crippen LogP contribution is 2.23. The van der Waals surface area contributed by atoms with E-state index in [2.05, 4.69) is 6.07 Å². The minimum absolute atomic E-state index is 0.00210. The van der Waals surface area contributed by atoms with Crippen LogP contribution in [0.3, 0.4) is 0 Å². The van der Waals surface area contributed by atoms with Crippen molar-refractivity contribution >= 4 is 11.6 Å². The Morgan fingerprint density at radius 2 is 1.61 bits per heavy atom. The highest BCUT2D eigenvalue weighted by Gasteiger charge is 2.05. The van der Waals surface area contributed by atoms with Gasteiger partial charge in [-0.1, -0.05) is 12.1 Å². The van der Waals surface area contributed by atoms with E-state index < -0.39 is 0 Å². The molecule has 0 saturated carbocycles. The van der Waals surface area contributed by atoms with Crippen molar-refractivity contribution in [1.82, 2.24) is 0 Å². The Hall–Kier alpha value is -2.29. The Balaban J connectivity index is 2.11. The summed E-state index contributed by atoms with van der Waals surface area (Å²) in [4.78, 5) is 12.8. The number of hydrogen-bond acceptors (Lipinski definition) is 2. The van der Waals surface area contributed by atoms with E-state index in [9.17, 15) is 4.79 Å². The SMILES string of the molecule is CC(=O)N(C)c1ccc(Oc2cc[c]cc2)cc1. The average Bonchev–Trinajstić information content (AvgIpc) is 2.40. The molecular weight excluding hydrogens is 226 g/mol. The van der Waals surface area contributed by atoms with E-state index in [0.717, 1.165) is 17.2 Å². The molecule has 91 valence electrons. The molecule has 0 fully saturated rings. The topological polar surface area (TPSA) is 29.5 Å². The van der Waals surface area contributed by atoms with Crippen LogP contribution in [0.4, 0.5) is 5.69 Å². The summed E-state index contributed by atoms with van der Waals surface area (Å²) >= 11 is 0. The van der Waals surface area contributed by atoms with Gasteiger partial charge in [0.2, 0.25) is 5.91 Å². The third-order valence-electron chi connectivity index (χ3n) is 2.62. The number of rotatable bonds is 3. The molecule has 0 aliphatic heterocycles. The van der Waals surface area contributed by atoms with E-state index in [1.807, 2.05) is 36.4 Å². The van der Waals surface area contributed by atoms with Gasteiger partial charge in [0, 0.05) is 19.7 Å². The summed E-state index contributed by atoms with van der Waals surface area (Å²) in [6.45, 7) is 1.53. The Labute approximate surface area is 107 Å². The van der Waals surface area contributed by atoms with Crippen molar-refractivity contribution in [1.29, 1.82) is 0 Å². The minimum atomic E-state index is 0.00210. The maximum atomic E-state index is 11.2. The number of ether oxygens (including phenoxy) is 1. The van der Waals surface area contributed by atoms with E-state index in [1.54, 1.807) is 24.1 Å². The second kappa shape index (κ2) is 5.36. The van der Waals surface area contributed by atoms with Crippen LogP contribution in [-0.2, 0) is 4.79 Å². The predicted molar refractivity (Wildman–Crippen MR) is 70.9 cm³/mol. The van der Waals surface area contributed by atoms with Gasteiger partial charge in [-0.25, -0.2) is 0 Å². The van der Waals surface area contributed by atoms with Gasteiger partial charge in [-0.15, -0.1) is 0 Å². The maximum absolute atomic E-state index is 11.2. The molecule has 0 aliphatic rings. The third kappa shape index (κ3) is 2.88. The molecule has 0 heterocycles. The summed E-state index contributed by atoms with van der Waals surface area (Å²) in [6, 6.07) is 17.6. The standard InChI is InChI=1S/C15H14NO2/c1-12(17)16(2)13-8-10-15(11-9-13)18-14-6-4-3-5-7-14/h4-11H,1-2H3. The molecule has 0 saturated heterocycles. The lowest BCUT2D eigenvalue weighted by Crippen LogP contribution is -2.22. The first-order valence-corrected chi connectivity index (χ1v) is 5.65. The first-order valence-electron chi connectivity index (χ1n) is 5.65. The number of carbonyl (C=O) groups excluding carboxylic acids is 1. The van der Waals surface area contributed by atoms with Crippen LogP contribution < -0.4 is 9.64 Å². The Morgan fingerprint density at radius 3 is 2.17 bits per heavy atom. The van der Waals surface area contributed by atoms with Gasteiger partial charge in [-0.3, -0.25) is 4.79 Å². The number of benzene rings is 2. The van der Waals surface area contributed by atoms with Crippen LogP contribution in [0.15, 0.2) is 48.5 Å². The van der Waals surface area contributed by atoms with Crippen LogP contribution in [0.25, 0.3) is 0 Å². The van der Waals surface area contributed by atoms with E-state index in [0.29, 0.717) is 0 Å². The van der Waals surface area contributed by atoms with Crippen molar-refractivity contribution < 1.29 is 9.53 Å². The smallest absolute Gasteiger partial charge is 0.223 e. The lowest BCUT2D eigenvalue weighted by Gasteiger charge is -2.15. The van der Waals surface area contributed by atoms with Gasteiger partial charge in [0.15, 0.2) is 0 Å². The zero-order valence-electron chi connectivity index (χ0n) is 10.4. The molecule has 18 heavy (non-hydrogen) atoms. The van der Waals surface area contributed by atoms with Gasteiger partial charge in [0.25, 0.3) is 0 Å². The van der Waals surface area contributed by atoms with Gasteiger partial charge < -0.3 is 9.64 Å². The monoisotopic (exact) mass is 240 g/mol. The zero-order valence-corrected chi connectivity index (χ0v) is 10.4. The van der Waals surface area contributed by atoms with Gasteiger partial charge in [-0.05, 0) is 42.5 Å².